The Labute approximate surface area is 147 Å². The number of hydrogen-bond donors (Lipinski definition) is 1. The minimum atomic E-state index is -0.228. The SMILES string of the molecule is CCCn1c(SCC(=O)O[C@@H]2C[C@H](C)CC[C@H]2C(C)C)n[nH]c1=O. The minimum Gasteiger partial charge on any atom is -0.461 e. The number of aromatic nitrogens is 3. The number of thioether (sulfide) groups is 1. The lowest BCUT2D eigenvalue weighted by atomic mass is 9.75. The molecule has 0 radical (unpaired) electrons. The van der Waals surface area contributed by atoms with E-state index in [1.54, 1.807) is 4.57 Å². The third-order valence-electron chi connectivity index (χ3n) is 4.73. The summed E-state index contributed by atoms with van der Waals surface area (Å²) in [6.07, 6.45) is 4.14. The van der Waals surface area contributed by atoms with Crippen molar-refractivity contribution in [1.29, 1.82) is 0 Å². The van der Waals surface area contributed by atoms with E-state index < -0.39 is 0 Å². The van der Waals surface area contributed by atoms with Crippen molar-refractivity contribution in [3.8, 4) is 0 Å². The smallest absolute Gasteiger partial charge is 0.343 e. The van der Waals surface area contributed by atoms with E-state index in [4.69, 9.17) is 4.74 Å². The zero-order chi connectivity index (χ0) is 17.7. The maximum Gasteiger partial charge on any atom is 0.343 e. The van der Waals surface area contributed by atoms with Gasteiger partial charge in [0.2, 0.25) is 0 Å². The van der Waals surface area contributed by atoms with Gasteiger partial charge in [-0.15, -0.1) is 5.10 Å². The second-order valence-electron chi connectivity index (χ2n) is 7.11. The molecular formula is C17H29N3O3S. The first-order chi connectivity index (χ1) is 11.4. The Bertz CT molecular complexity index is 596. The van der Waals surface area contributed by atoms with Crippen molar-refractivity contribution in [2.75, 3.05) is 5.75 Å². The topological polar surface area (TPSA) is 77.0 Å². The molecule has 1 aromatic rings. The molecule has 0 unspecified atom stereocenters. The average molecular weight is 356 g/mol. The van der Waals surface area contributed by atoms with Gasteiger partial charge in [-0.3, -0.25) is 9.36 Å². The van der Waals surface area contributed by atoms with Gasteiger partial charge in [-0.2, -0.15) is 0 Å². The highest BCUT2D eigenvalue weighted by Gasteiger charge is 2.33. The van der Waals surface area contributed by atoms with Crippen LogP contribution in [-0.4, -0.2) is 32.6 Å². The van der Waals surface area contributed by atoms with Crippen molar-refractivity contribution in [2.24, 2.45) is 17.8 Å². The number of rotatable bonds is 7. The van der Waals surface area contributed by atoms with Gasteiger partial charge in [0.25, 0.3) is 0 Å². The predicted molar refractivity (Wildman–Crippen MR) is 95.1 cm³/mol. The van der Waals surface area contributed by atoms with Crippen molar-refractivity contribution < 1.29 is 9.53 Å². The molecule has 24 heavy (non-hydrogen) atoms. The van der Waals surface area contributed by atoms with Crippen LogP contribution >= 0.6 is 11.8 Å². The van der Waals surface area contributed by atoms with E-state index >= 15 is 0 Å². The average Bonchev–Trinajstić information content (AvgIpc) is 2.86. The fraction of sp³-hybridized carbons (Fsp3) is 0.824. The maximum atomic E-state index is 12.3. The van der Waals surface area contributed by atoms with E-state index in [1.807, 2.05) is 6.92 Å². The number of esters is 1. The molecule has 1 aromatic heterocycles. The Hall–Kier alpha value is -1.24. The Kier molecular flexibility index (Phi) is 6.95. The largest absolute Gasteiger partial charge is 0.461 e. The number of H-pyrrole nitrogens is 1. The summed E-state index contributed by atoms with van der Waals surface area (Å²) in [6, 6.07) is 0. The first kappa shape index (κ1) is 19.1. The summed E-state index contributed by atoms with van der Waals surface area (Å²) < 4.78 is 7.35. The van der Waals surface area contributed by atoms with Crippen molar-refractivity contribution in [3.63, 3.8) is 0 Å². The lowest BCUT2D eigenvalue weighted by molar-refractivity contribution is -0.152. The summed E-state index contributed by atoms with van der Waals surface area (Å²) >= 11 is 1.26. The standard InChI is InChI=1S/C17H29N3O3S/c1-5-8-20-16(22)18-19-17(20)24-10-15(21)23-14-9-12(4)6-7-13(14)11(2)3/h11-14H,5-10H2,1-4H3,(H,18,22)/t12-,13+,14-/m1/s1. The maximum absolute atomic E-state index is 12.3. The molecule has 1 heterocycles. The highest BCUT2D eigenvalue weighted by molar-refractivity contribution is 7.99. The van der Waals surface area contributed by atoms with E-state index in [-0.39, 0.29) is 23.5 Å². The van der Waals surface area contributed by atoms with Gasteiger partial charge in [0.1, 0.15) is 6.10 Å². The fourth-order valence-corrected chi connectivity index (χ4v) is 4.17. The molecule has 0 amide bonds. The molecule has 7 heteroatoms. The number of carbonyl (C=O) groups is 1. The highest BCUT2D eigenvalue weighted by Crippen LogP contribution is 2.35. The van der Waals surface area contributed by atoms with Gasteiger partial charge >= 0.3 is 11.7 Å². The quantitative estimate of drug-likeness (QED) is 0.601. The third kappa shape index (κ3) is 4.88. The lowest BCUT2D eigenvalue weighted by Crippen LogP contribution is -2.36. The van der Waals surface area contributed by atoms with Crippen LogP contribution in [0.2, 0.25) is 0 Å². The van der Waals surface area contributed by atoms with Crippen LogP contribution in [0, 0.1) is 17.8 Å². The Balaban J connectivity index is 1.91. The number of nitrogens with one attached hydrogen (secondary N) is 1. The highest BCUT2D eigenvalue weighted by atomic mass is 32.2. The molecule has 0 aliphatic heterocycles. The van der Waals surface area contributed by atoms with Gasteiger partial charge in [0, 0.05) is 6.54 Å². The molecule has 1 fully saturated rings. The second-order valence-corrected chi connectivity index (χ2v) is 8.05. The van der Waals surface area contributed by atoms with Gasteiger partial charge in [-0.25, -0.2) is 9.89 Å². The van der Waals surface area contributed by atoms with E-state index in [0.717, 1.165) is 19.3 Å². The van der Waals surface area contributed by atoms with Crippen LogP contribution in [0.1, 0.15) is 53.4 Å². The molecule has 1 saturated carbocycles. The van der Waals surface area contributed by atoms with E-state index in [9.17, 15) is 9.59 Å². The Morgan fingerprint density at radius 3 is 2.88 bits per heavy atom. The molecule has 0 saturated heterocycles. The fourth-order valence-electron chi connectivity index (χ4n) is 3.41. The molecule has 3 atom stereocenters. The van der Waals surface area contributed by atoms with Crippen LogP contribution in [0.15, 0.2) is 9.95 Å². The van der Waals surface area contributed by atoms with Crippen molar-refractivity contribution in [2.45, 2.75) is 71.2 Å². The third-order valence-corrected chi connectivity index (χ3v) is 5.68. The Morgan fingerprint density at radius 2 is 2.21 bits per heavy atom. The summed E-state index contributed by atoms with van der Waals surface area (Å²) in [4.78, 5) is 23.9. The van der Waals surface area contributed by atoms with Gasteiger partial charge in [0.15, 0.2) is 5.16 Å². The van der Waals surface area contributed by atoms with E-state index in [2.05, 4.69) is 31.0 Å². The number of aromatic amines is 1. The van der Waals surface area contributed by atoms with E-state index in [1.165, 1.54) is 18.2 Å². The summed E-state index contributed by atoms with van der Waals surface area (Å²) in [6.45, 7) is 9.22. The number of ether oxygens (including phenoxy) is 1. The van der Waals surface area contributed by atoms with Crippen LogP contribution in [0.5, 0.6) is 0 Å². The number of carbonyl (C=O) groups excluding carboxylic acids is 1. The first-order valence-corrected chi connectivity index (χ1v) is 9.88. The molecule has 1 aliphatic rings. The van der Waals surface area contributed by atoms with Crippen LogP contribution in [0.3, 0.4) is 0 Å². The summed E-state index contributed by atoms with van der Waals surface area (Å²) in [5.74, 6) is 1.53. The van der Waals surface area contributed by atoms with Crippen LogP contribution in [0.4, 0.5) is 0 Å². The summed E-state index contributed by atoms with van der Waals surface area (Å²) in [5.41, 5.74) is -0.228. The lowest BCUT2D eigenvalue weighted by Gasteiger charge is -2.36. The molecule has 1 N–H and O–H groups in total. The molecule has 0 bridgehead atoms. The zero-order valence-corrected chi connectivity index (χ0v) is 15.9. The first-order valence-electron chi connectivity index (χ1n) is 8.89. The number of nitrogens with zero attached hydrogens (tertiary/aromatic N) is 2. The van der Waals surface area contributed by atoms with Crippen molar-refractivity contribution in [1.82, 2.24) is 14.8 Å². The molecule has 0 spiro atoms. The van der Waals surface area contributed by atoms with E-state index in [0.29, 0.717) is 29.5 Å². The summed E-state index contributed by atoms with van der Waals surface area (Å²) in [7, 11) is 0. The van der Waals surface area contributed by atoms with Gasteiger partial charge in [0.05, 0.1) is 5.75 Å². The zero-order valence-electron chi connectivity index (χ0n) is 15.1. The monoisotopic (exact) mass is 355 g/mol. The molecule has 2 rings (SSSR count). The van der Waals surface area contributed by atoms with Gasteiger partial charge < -0.3 is 4.74 Å². The molecule has 136 valence electrons. The molecule has 6 nitrogen and oxygen atoms in total. The molecule has 0 aromatic carbocycles. The normalized spacial score (nSPS) is 24.3. The van der Waals surface area contributed by atoms with Crippen LogP contribution < -0.4 is 5.69 Å². The Morgan fingerprint density at radius 1 is 1.46 bits per heavy atom. The van der Waals surface area contributed by atoms with Crippen LogP contribution in [-0.2, 0) is 16.1 Å². The number of hydrogen-bond acceptors (Lipinski definition) is 5. The molecular weight excluding hydrogens is 326 g/mol. The predicted octanol–water partition coefficient (Wildman–Crippen LogP) is 3.08. The van der Waals surface area contributed by atoms with Crippen molar-refractivity contribution in [3.05, 3.63) is 10.5 Å². The van der Waals surface area contributed by atoms with Crippen molar-refractivity contribution >= 4 is 17.7 Å². The summed E-state index contributed by atoms with van der Waals surface area (Å²) in [5, 5.41) is 6.98. The van der Waals surface area contributed by atoms with Crippen LogP contribution in [0.25, 0.3) is 0 Å². The molecule has 1 aliphatic carbocycles. The second kappa shape index (κ2) is 8.74. The minimum absolute atomic E-state index is 0.0128. The van der Waals surface area contributed by atoms with Gasteiger partial charge in [-0.1, -0.05) is 45.9 Å². The van der Waals surface area contributed by atoms with Gasteiger partial charge in [-0.05, 0) is 37.0 Å².